The van der Waals surface area contributed by atoms with Crippen LogP contribution in [0, 0.1) is 27.7 Å². The van der Waals surface area contributed by atoms with Crippen molar-refractivity contribution < 1.29 is 31.5 Å². The molecule has 0 fully saturated rings. The van der Waals surface area contributed by atoms with Crippen LogP contribution in [0.25, 0.3) is 212 Å². The number of furan rings is 3. The Hall–Kier alpha value is -15.5. The number of hydrogen-bond acceptors (Lipinski definition) is 7. The molecule has 11 heterocycles. The van der Waals surface area contributed by atoms with Gasteiger partial charge in [-0.1, -0.05) is 178 Å². The van der Waals surface area contributed by atoms with Gasteiger partial charge in [-0.05, 0) is 169 Å². The summed E-state index contributed by atoms with van der Waals surface area (Å²) in [4.78, 5) is 19.9. The average molecular weight is 1640 g/mol. The minimum Gasteiger partial charge on any atom is -0.456 e. The lowest BCUT2D eigenvalue weighted by Gasteiger charge is -2.25. The average Bonchev–Trinajstić information content (AvgIpc) is 1.54. The van der Waals surface area contributed by atoms with E-state index in [1.165, 1.54) is 72.5 Å². The molecule has 0 spiro atoms. The Morgan fingerprint density at radius 2 is 0.698 bits per heavy atom. The van der Waals surface area contributed by atoms with E-state index in [4.69, 9.17) is 33.2 Å². The number of benzene rings is 12. The summed E-state index contributed by atoms with van der Waals surface area (Å²) < 4.78 is 36.2. The third kappa shape index (κ3) is 12.6. The molecule has 0 bridgehead atoms. The van der Waals surface area contributed by atoms with Gasteiger partial charge < -0.3 is 31.5 Å². The van der Waals surface area contributed by atoms with Crippen molar-refractivity contribution in [2.75, 3.05) is 0 Å². The summed E-state index contributed by atoms with van der Waals surface area (Å²) in [6, 6.07) is 101. The van der Waals surface area contributed by atoms with Crippen LogP contribution in [-0.2, 0) is 61.8 Å². The molecule has 0 saturated heterocycles. The second kappa shape index (κ2) is 30.5. The maximum atomic E-state index is 6.35. The molecule has 0 aliphatic heterocycles. The number of aryl methyl sites for hydroxylation is 8. The molecule has 126 heavy (non-hydrogen) atoms. The van der Waals surface area contributed by atoms with Crippen molar-refractivity contribution in [3.8, 4) is 102 Å². The van der Waals surface area contributed by atoms with Gasteiger partial charge in [0.05, 0.1) is 72.3 Å². The zero-order valence-electron chi connectivity index (χ0n) is 73.1. The van der Waals surface area contributed by atoms with Crippen LogP contribution in [0.15, 0.2) is 329 Å². The Bertz CT molecular complexity index is 8380. The van der Waals surface area contributed by atoms with Crippen molar-refractivity contribution in [2.24, 2.45) is 56.4 Å². The second-order valence-corrected chi connectivity index (χ2v) is 34.0. The summed E-state index contributed by atoms with van der Waals surface area (Å²) >= 11 is 0. The monoisotopic (exact) mass is 1640 g/mol. The maximum Gasteiger partial charge on any atom is 0.256 e. The number of para-hydroxylation sites is 11. The molecule has 11 aromatic heterocycles. The fraction of sp³-hybridized carbons (Fsp3) is 0.135. The lowest BCUT2D eigenvalue weighted by molar-refractivity contribution is -0.660. The van der Waals surface area contributed by atoms with E-state index in [0.717, 1.165) is 173 Å². The molecule has 0 unspecified atom stereocenters. The molecule has 0 saturated carbocycles. The highest BCUT2D eigenvalue weighted by atomic mass is 16.3. The summed E-state index contributed by atoms with van der Waals surface area (Å²) in [5.74, 6) is 3.94. The Balaban J connectivity index is 0.000000103. The van der Waals surface area contributed by atoms with Gasteiger partial charge in [-0.15, -0.1) is 0 Å². The molecule has 23 aromatic rings. The number of hydrogen-bond donors (Lipinski definition) is 0. The predicted octanol–water partition coefficient (Wildman–Crippen LogP) is 24.2. The Kier molecular flexibility index (Phi) is 18.9. The number of fused-ring (bicyclic) bond motifs is 16. The number of imidazole rings is 4. The van der Waals surface area contributed by atoms with Gasteiger partial charge in [0.1, 0.15) is 84.8 Å². The number of pyridine rings is 4. The fourth-order valence-electron chi connectivity index (χ4n) is 19.7. The molecule has 0 radical (unpaired) electrons. The molecular formula is C111H94N12O3+4. The van der Waals surface area contributed by atoms with Gasteiger partial charge in [-0.3, -0.25) is 0 Å². The SMILES string of the molecule is Cc1c(-c2nc3ccccc3n2C)cc2c(c1-c1cccc[n+]1C)C(C)(C)c1ccccc1-2.Cc1c(-c2nc3ccccc3n2C)cccc1-c1c2c(cc[n+]1C)oc1ccccc12.Cc1c(-c2nc3ccccc3n2C)cccc1-c1c2oc3ccccc3c2cc[n+]1C.Cc1c(-c2nc3ccccc3n2C)cccc1-c1cc2oc3ccccc3c2c[n+]1C. The van der Waals surface area contributed by atoms with Gasteiger partial charge in [-0.2, -0.15) is 4.57 Å². The fourth-order valence-corrected chi connectivity index (χ4v) is 19.7. The van der Waals surface area contributed by atoms with Crippen LogP contribution < -0.4 is 18.3 Å². The van der Waals surface area contributed by atoms with Gasteiger partial charge in [0, 0.05) is 107 Å². The molecule has 24 rings (SSSR count). The van der Waals surface area contributed by atoms with Gasteiger partial charge in [0.15, 0.2) is 24.8 Å². The summed E-state index contributed by atoms with van der Waals surface area (Å²) in [5.41, 5.74) is 38.3. The molecule has 612 valence electrons. The Morgan fingerprint density at radius 3 is 1.25 bits per heavy atom. The molecule has 0 atom stereocenters. The summed E-state index contributed by atoms with van der Waals surface area (Å²) in [5, 5.41) is 6.83. The lowest BCUT2D eigenvalue weighted by Crippen LogP contribution is -2.31. The first kappa shape index (κ1) is 77.8. The predicted molar refractivity (Wildman–Crippen MR) is 509 cm³/mol. The summed E-state index contributed by atoms with van der Waals surface area (Å²) in [6.07, 6.45) is 8.48. The van der Waals surface area contributed by atoms with Gasteiger partial charge >= 0.3 is 0 Å². The standard InChI is InChI=1S/C30H28N3.3C27H22N3O/c1-19-21(29-31-24-14-8-9-15-25(24)33(29)5)18-22-20-12-6-7-13-23(20)30(2,3)28(22)27(19)26-16-10-11-17-32(26)4;1-17-18(10-8-11-19(17)27-28-22-12-5-6-13-23(22)30(27)3)24-15-26-21(16-29(24)2)20-9-4-7-14-25(20)31-26;1-17-18(10-8-11-19(17)27-28-22-12-5-6-13-23(22)30(27)3)25-26-21(15-16-29(25)2)20-9-4-7-14-24(20)31-26;1-17-18(10-8-11-19(17)27-28-21-12-5-6-13-22(21)30(27)3)26-25-20-9-4-7-14-23(20)31-24(25)15-16-29(26)2/h6-18H,1-5H3;3*4-16H,1-3H3/q4*+1. The molecule has 1 aliphatic carbocycles. The molecule has 0 N–H and O–H groups in total. The van der Waals surface area contributed by atoms with Gasteiger partial charge in [0.2, 0.25) is 22.7 Å². The van der Waals surface area contributed by atoms with Crippen molar-refractivity contribution in [3.05, 3.63) is 349 Å². The van der Waals surface area contributed by atoms with Crippen molar-refractivity contribution in [1.82, 2.24) is 38.2 Å². The minimum absolute atomic E-state index is 0.0836. The van der Waals surface area contributed by atoms with Crippen LogP contribution in [0.4, 0.5) is 0 Å². The van der Waals surface area contributed by atoms with Gasteiger partial charge in [-0.25, -0.2) is 33.6 Å². The number of nitrogens with zero attached hydrogens (tertiary/aromatic N) is 12. The van der Waals surface area contributed by atoms with Crippen LogP contribution in [-0.4, -0.2) is 38.2 Å². The largest absolute Gasteiger partial charge is 0.456 e. The quantitative estimate of drug-likeness (QED) is 0.139. The zero-order valence-corrected chi connectivity index (χ0v) is 73.1. The molecule has 15 nitrogen and oxygen atoms in total. The van der Waals surface area contributed by atoms with Crippen LogP contribution in [0.2, 0.25) is 0 Å². The first-order valence-electron chi connectivity index (χ1n) is 42.9. The van der Waals surface area contributed by atoms with Crippen LogP contribution in [0.5, 0.6) is 0 Å². The Labute approximate surface area is 729 Å². The Morgan fingerprint density at radius 1 is 0.286 bits per heavy atom. The summed E-state index contributed by atoms with van der Waals surface area (Å²) in [7, 11) is 16.8. The van der Waals surface area contributed by atoms with Crippen molar-refractivity contribution >= 4 is 110 Å². The van der Waals surface area contributed by atoms with E-state index < -0.39 is 0 Å². The smallest absolute Gasteiger partial charge is 0.256 e. The first-order valence-corrected chi connectivity index (χ1v) is 42.9. The minimum atomic E-state index is -0.0836. The van der Waals surface area contributed by atoms with Crippen LogP contribution in [0.3, 0.4) is 0 Å². The van der Waals surface area contributed by atoms with Crippen LogP contribution in [0.1, 0.15) is 47.2 Å². The topological polar surface area (TPSA) is 126 Å². The van der Waals surface area contributed by atoms with E-state index in [0.29, 0.717) is 0 Å². The molecule has 12 aromatic carbocycles. The van der Waals surface area contributed by atoms with E-state index in [2.05, 4.69) is 390 Å². The third-order valence-electron chi connectivity index (χ3n) is 26.3. The second-order valence-electron chi connectivity index (χ2n) is 34.0. The van der Waals surface area contributed by atoms with E-state index in [1.54, 1.807) is 0 Å². The number of rotatable bonds is 8. The normalized spacial score (nSPS) is 12.3. The van der Waals surface area contributed by atoms with Crippen molar-refractivity contribution in [3.63, 3.8) is 0 Å². The van der Waals surface area contributed by atoms with E-state index in [9.17, 15) is 0 Å². The van der Waals surface area contributed by atoms with E-state index in [-0.39, 0.29) is 5.41 Å². The molecular weight excluding hydrogens is 1550 g/mol. The van der Waals surface area contributed by atoms with E-state index >= 15 is 0 Å². The number of aromatic nitrogens is 12. The summed E-state index contributed by atoms with van der Waals surface area (Å²) in [6.45, 7) is 13.5. The first-order chi connectivity index (χ1) is 61.3. The van der Waals surface area contributed by atoms with Gasteiger partial charge in [0.25, 0.3) is 5.69 Å². The van der Waals surface area contributed by atoms with E-state index in [1.807, 2.05) is 60.7 Å². The molecule has 1 aliphatic rings. The third-order valence-corrected chi connectivity index (χ3v) is 26.3. The zero-order chi connectivity index (χ0) is 86.2. The molecule has 0 amide bonds. The molecule has 15 heteroatoms. The lowest BCUT2D eigenvalue weighted by atomic mass is 9.77. The maximum absolute atomic E-state index is 6.35. The highest BCUT2D eigenvalue weighted by Crippen LogP contribution is 2.55. The van der Waals surface area contributed by atoms with Crippen molar-refractivity contribution in [2.45, 2.75) is 47.0 Å². The highest BCUT2D eigenvalue weighted by molar-refractivity contribution is 6.12. The van der Waals surface area contributed by atoms with Crippen molar-refractivity contribution in [1.29, 1.82) is 0 Å². The van der Waals surface area contributed by atoms with Crippen LogP contribution >= 0.6 is 0 Å². The highest BCUT2D eigenvalue weighted by Gasteiger charge is 2.41.